The molecule has 1 heterocycles. The number of nitrogens with zero attached hydrogens (tertiary/aromatic N) is 2. The largest absolute Gasteiger partial charge is 0.324 e. The summed E-state index contributed by atoms with van der Waals surface area (Å²) in [7, 11) is 0. The van der Waals surface area contributed by atoms with Crippen LogP contribution in [-0.2, 0) is 0 Å². The van der Waals surface area contributed by atoms with Gasteiger partial charge in [-0.1, -0.05) is 0 Å². The predicted molar refractivity (Wildman–Crippen MR) is 50.8 cm³/mol. The van der Waals surface area contributed by atoms with Gasteiger partial charge >= 0.3 is 5.69 Å². The topological polar surface area (TPSA) is 47.4 Å². The number of aromatic nitrogens is 1. The zero-order chi connectivity index (χ0) is 10.8. The molecule has 0 unspecified atom stereocenters. The highest BCUT2D eigenvalue weighted by molar-refractivity contribution is 5.70. The molecule has 0 bridgehead atoms. The molecule has 0 amide bonds. The van der Waals surface area contributed by atoms with E-state index in [9.17, 15) is 10.4 Å². The first kappa shape index (κ1) is 10.5. The minimum absolute atomic E-state index is 0.386. The number of rotatable bonds is 1. The van der Waals surface area contributed by atoms with Crippen LogP contribution in [0.1, 0.15) is 26.5 Å². The molecule has 4 nitrogen and oxygen atoms in total. The van der Waals surface area contributed by atoms with Crippen molar-refractivity contribution in [3.05, 3.63) is 30.1 Å². The quantitative estimate of drug-likeness (QED) is 0.230. The van der Waals surface area contributed by atoms with Gasteiger partial charge in [0.1, 0.15) is 0 Å². The maximum Gasteiger partial charge on any atom is 0.324 e. The first-order valence-corrected chi connectivity index (χ1v) is 4.44. The summed E-state index contributed by atoms with van der Waals surface area (Å²) in [6, 6.07) is 5.19. The maximum atomic E-state index is 9.62. The van der Waals surface area contributed by atoms with Gasteiger partial charge in [0.05, 0.1) is 0 Å². The molecule has 0 saturated heterocycles. The molecular weight excluding hydrogens is 180 g/mol. The Kier molecular flexibility index (Phi) is 2.74. The van der Waals surface area contributed by atoms with Gasteiger partial charge in [0.2, 0.25) is 11.7 Å². The molecule has 76 valence electrons. The van der Waals surface area contributed by atoms with E-state index in [2.05, 4.69) is 0 Å². The van der Waals surface area contributed by atoms with Crippen LogP contribution < -0.4 is 4.73 Å². The van der Waals surface area contributed by atoms with Gasteiger partial charge in [-0.25, -0.2) is 0 Å². The van der Waals surface area contributed by atoms with E-state index in [4.69, 9.17) is 0 Å². The van der Waals surface area contributed by atoms with E-state index < -0.39 is 0 Å². The standard InChI is InChI=1S/C10H16N2O2/c1-10(2,3)12(14)8-9-6-4-5-7-11(9)13/h4-8,13-14H,1-3H3/q+2/b12-8-. The third-order valence-corrected chi connectivity index (χ3v) is 1.81. The lowest BCUT2D eigenvalue weighted by Crippen LogP contribution is -2.38. The second-order valence-corrected chi connectivity index (χ2v) is 4.11. The second-order valence-electron chi connectivity index (χ2n) is 4.11. The summed E-state index contributed by atoms with van der Waals surface area (Å²) < 4.78 is 2.02. The van der Waals surface area contributed by atoms with Gasteiger partial charge in [0.15, 0.2) is 0 Å². The van der Waals surface area contributed by atoms with Crippen molar-refractivity contribution >= 4 is 6.21 Å². The monoisotopic (exact) mass is 196 g/mol. The van der Waals surface area contributed by atoms with Crippen LogP contribution in [0.4, 0.5) is 0 Å². The molecule has 0 saturated carbocycles. The van der Waals surface area contributed by atoms with E-state index in [0.717, 1.165) is 9.47 Å². The van der Waals surface area contributed by atoms with Crippen LogP contribution in [-0.4, -0.2) is 26.9 Å². The molecule has 4 heteroatoms. The van der Waals surface area contributed by atoms with E-state index in [-0.39, 0.29) is 5.54 Å². The summed E-state index contributed by atoms with van der Waals surface area (Å²) in [6.45, 7) is 5.61. The van der Waals surface area contributed by atoms with Gasteiger partial charge in [-0.15, -0.1) is 0 Å². The summed E-state index contributed by atoms with van der Waals surface area (Å²) in [5.41, 5.74) is 0.132. The van der Waals surface area contributed by atoms with Crippen LogP contribution >= 0.6 is 0 Å². The summed E-state index contributed by atoms with van der Waals surface area (Å²) >= 11 is 0. The molecule has 0 spiro atoms. The van der Waals surface area contributed by atoms with E-state index in [1.165, 1.54) is 12.4 Å². The molecule has 0 fully saturated rings. The molecule has 2 N–H and O–H groups in total. The molecule has 0 aliphatic carbocycles. The van der Waals surface area contributed by atoms with Crippen molar-refractivity contribution < 1.29 is 19.9 Å². The van der Waals surface area contributed by atoms with Crippen molar-refractivity contribution in [2.24, 2.45) is 0 Å². The fraction of sp³-hybridized carbons (Fsp3) is 0.400. The summed E-state index contributed by atoms with van der Waals surface area (Å²) in [5, 5.41) is 19.0. The summed E-state index contributed by atoms with van der Waals surface area (Å²) in [6.07, 6.45) is 2.97. The minimum Gasteiger partial charge on any atom is -0.290 e. The van der Waals surface area contributed by atoms with Crippen LogP contribution in [0.2, 0.25) is 0 Å². The number of hydrogen-bond donors (Lipinski definition) is 2. The van der Waals surface area contributed by atoms with Crippen LogP contribution in [0.15, 0.2) is 24.4 Å². The van der Waals surface area contributed by atoms with Gasteiger partial charge in [-0.05, 0) is 10.8 Å². The predicted octanol–water partition coefficient (Wildman–Crippen LogP) is 0.830. The molecule has 0 atom stereocenters. The lowest BCUT2D eigenvalue weighted by atomic mass is 10.1. The molecule has 0 radical (unpaired) electrons. The SMILES string of the molecule is CC(C)(C)/[N+](O)=C/c1cccc[n+]1O. The molecule has 14 heavy (non-hydrogen) atoms. The van der Waals surface area contributed by atoms with Crippen molar-refractivity contribution in [3.8, 4) is 0 Å². The lowest BCUT2D eigenvalue weighted by molar-refractivity contribution is -0.908. The first-order valence-electron chi connectivity index (χ1n) is 4.44. The maximum absolute atomic E-state index is 9.62. The zero-order valence-electron chi connectivity index (χ0n) is 8.68. The van der Waals surface area contributed by atoms with Crippen molar-refractivity contribution in [1.82, 2.24) is 0 Å². The summed E-state index contributed by atoms with van der Waals surface area (Å²) in [4.78, 5) is 0. The lowest BCUT2D eigenvalue weighted by Gasteiger charge is -2.07. The Morgan fingerprint density at radius 3 is 2.50 bits per heavy atom. The summed E-state index contributed by atoms with van der Waals surface area (Å²) in [5.74, 6) is 0. The molecule has 0 aliphatic heterocycles. The Balaban J connectivity index is 3.04. The van der Waals surface area contributed by atoms with Crippen molar-refractivity contribution in [2.45, 2.75) is 26.3 Å². The average molecular weight is 196 g/mol. The molecular formula is C10H16N2O2+2. The van der Waals surface area contributed by atoms with Gasteiger partial charge < -0.3 is 0 Å². The Labute approximate surface area is 83.3 Å². The fourth-order valence-electron chi connectivity index (χ4n) is 0.869. The van der Waals surface area contributed by atoms with Crippen LogP contribution in [0.25, 0.3) is 0 Å². The van der Waals surface area contributed by atoms with E-state index in [1.54, 1.807) is 18.2 Å². The van der Waals surface area contributed by atoms with Gasteiger partial charge in [-0.2, -0.15) is 0 Å². The smallest absolute Gasteiger partial charge is 0.290 e. The van der Waals surface area contributed by atoms with Gasteiger partial charge in [-0.3, -0.25) is 10.4 Å². The van der Waals surface area contributed by atoms with Crippen molar-refractivity contribution in [2.75, 3.05) is 0 Å². The Bertz CT molecular complexity index is 353. The average Bonchev–Trinajstić information content (AvgIpc) is 2.07. The Morgan fingerprint density at radius 2 is 2.00 bits per heavy atom. The van der Waals surface area contributed by atoms with Crippen molar-refractivity contribution in [3.63, 3.8) is 0 Å². The van der Waals surface area contributed by atoms with Gasteiger partial charge in [0.25, 0.3) is 6.21 Å². The third-order valence-electron chi connectivity index (χ3n) is 1.81. The normalized spacial score (nSPS) is 12.9. The van der Waals surface area contributed by atoms with Crippen LogP contribution in [0, 0.1) is 0 Å². The van der Waals surface area contributed by atoms with Crippen LogP contribution in [0.5, 0.6) is 0 Å². The third kappa shape index (κ3) is 2.45. The van der Waals surface area contributed by atoms with E-state index in [0.29, 0.717) is 5.69 Å². The second kappa shape index (κ2) is 3.65. The Hall–Kier alpha value is -1.58. The minimum atomic E-state index is -0.386. The molecule has 0 aliphatic rings. The molecule has 0 aromatic carbocycles. The highest BCUT2D eigenvalue weighted by atomic mass is 16.5. The zero-order valence-corrected chi connectivity index (χ0v) is 8.68. The highest BCUT2D eigenvalue weighted by Gasteiger charge is 2.26. The first-order chi connectivity index (χ1) is 6.41. The molecule has 1 aromatic heterocycles. The number of hydrogen-bond acceptors (Lipinski definition) is 2. The highest BCUT2D eigenvalue weighted by Crippen LogP contribution is 2.03. The number of pyridine rings is 1. The molecule has 1 rings (SSSR count). The van der Waals surface area contributed by atoms with E-state index in [1.807, 2.05) is 20.8 Å². The van der Waals surface area contributed by atoms with Crippen molar-refractivity contribution in [1.29, 1.82) is 0 Å². The van der Waals surface area contributed by atoms with Crippen LogP contribution in [0.3, 0.4) is 0 Å². The molecule has 1 aromatic rings. The fourth-order valence-corrected chi connectivity index (χ4v) is 0.869. The van der Waals surface area contributed by atoms with E-state index >= 15 is 0 Å². The number of hydroxylamine groups is 1. The van der Waals surface area contributed by atoms with Gasteiger partial charge in [0, 0.05) is 37.6 Å². The Morgan fingerprint density at radius 1 is 1.36 bits per heavy atom.